The Kier molecular flexibility index (Phi) is 5.72. The maximum atomic E-state index is 11.6. The van der Waals surface area contributed by atoms with Gasteiger partial charge < -0.3 is 10.6 Å². The van der Waals surface area contributed by atoms with Gasteiger partial charge in [0.05, 0.1) is 15.0 Å². The largest absolute Gasteiger partial charge is 0.353 e. The molecule has 0 amide bonds. The number of anilines is 4. The summed E-state index contributed by atoms with van der Waals surface area (Å²) in [5.41, 5.74) is 1.20. The molecule has 0 aliphatic heterocycles. The number of benzene rings is 2. The number of halogens is 2. The summed E-state index contributed by atoms with van der Waals surface area (Å²) in [5.74, 6) is -0.0907. The first-order valence-corrected chi connectivity index (χ1v) is 8.70. The minimum absolute atomic E-state index is 0.00173. The van der Waals surface area contributed by atoms with Crippen LogP contribution in [0.2, 0.25) is 10.0 Å². The molecule has 0 atom stereocenters. The summed E-state index contributed by atoms with van der Waals surface area (Å²) < 4.78 is 0. The molecule has 3 aromatic rings. The molecule has 142 valence electrons. The Labute approximate surface area is 169 Å². The molecular formula is C18H13Cl2N5O3. The summed E-state index contributed by atoms with van der Waals surface area (Å²) in [4.78, 5) is 30.3. The van der Waals surface area contributed by atoms with Crippen LogP contribution in [0.3, 0.4) is 0 Å². The number of nitrogens with zero attached hydrogens (tertiary/aromatic N) is 3. The molecule has 0 unspecified atom stereocenters. The van der Waals surface area contributed by atoms with Crippen molar-refractivity contribution in [3.05, 3.63) is 74.5 Å². The second kappa shape index (κ2) is 8.20. The molecule has 8 nitrogen and oxygen atoms in total. The van der Waals surface area contributed by atoms with Gasteiger partial charge in [-0.2, -0.15) is 0 Å². The molecule has 0 radical (unpaired) electrons. The summed E-state index contributed by atoms with van der Waals surface area (Å²) in [6.07, 6.45) is 1.19. The van der Waals surface area contributed by atoms with Crippen LogP contribution in [0.15, 0.2) is 48.8 Å². The maximum absolute atomic E-state index is 11.6. The molecule has 2 N–H and O–H groups in total. The van der Waals surface area contributed by atoms with E-state index in [1.54, 1.807) is 36.4 Å². The van der Waals surface area contributed by atoms with Gasteiger partial charge in [0.1, 0.15) is 6.33 Å². The zero-order valence-corrected chi connectivity index (χ0v) is 16.0. The monoisotopic (exact) mass is 417 g/mol. The van der Waals surface area contributed by atoms with Gasteiger partial charge in [0.2, 0.25) is 11.6 Å². The van der Waals surface area contributed by atoms with Crippen LogP contribution < -0.4 is 10.6 Å². The Morgan fingerprint density at radius 3 is 2.07 bits per heavy atom. The predicted octanol–water partition coefficient (Wildman–Crippen LogP) is 5.38. The molecule has 0 saturated carbocycles. The Hall–Kier alpha value is -3.23. The number of rotatable bonds is 6. The Morgan fingerprint density at radius 1 is 0.964 bits per heavy atom. The molecule has 3 rings (SSSR count). The highest BCUT2D eigenvalue weighted by Gasteiger charge is 2.23. The van der Waals surface area contributed by atoms with Crippen molar-refractivity contribution >= 4 is 57.7 Å². The van der Waals surface area contributed by atoms with Crippen molar-refractivity contribution in [3.63, 3.8) is 0 Å². The standard InChI is InChI=1S/C18H13Cl2N5O3/c1-10(26)11-2-4-12(5-3-11)23-17-16(25(27)28)18(22-9-21-17)24-13-6-7-14(19)15(20)8-13/h2-9H,1H3,(H2,21,22,23,24). The van der Waals surface area contributed by atoms with E-state index >= 15 is 0 Å². The molecule has 0 fully saturated rings. The van der Waals surface area contributed by atoms with Gasteiger partial charge in [-0.25, -0.2) is 9.97 Å². The average Bonchev–Trinajstić information content (AvgIpc) is 2.65. The van der Waals surface area contributed by atoms with E-state index in [2.05, 4.69) is 20.6 Å². The lowest BCUT2D eigenvalue weighted by Crippen LogP contribution is -2.05. The number of aromatic nitrogens is 2. The number of carbonyl (C=O) groups excluding carboxylic acids is 1. The second-order valence-corrected chi connectivity index (χ2v) is 6.50. The molecule has 0 aliphatic rings. The van der Waals surface area contributed by atoms with E-state index in [1.807, 2.05) is 0 Å². The first-order chi connectivity index (χ1) is 13.3. The van der Waals surface area contributed by atoms with Crippen LogP contribution in [-0.4, -0.2) is 20.7 Å². The molecule has 0 saturated heterocycles. The van der Waals surface area contributed by atoms with Gasteiger partial charge in [0.25, 0.3) is 0 Å². The van der Waals surface area contributed by atoms with Crippen LogP contribution in [0, 0.1) is 10.1 Å². The highest BCUT2D eigenvalue weighted by Crippen LogP contribution is 2.34. The summed E-state index contributed by atoms with van der Waals surface area (Å²) in [7, 11) is 0. The number of carbonyl (C=O) groups is 1. The Bertz CT molecular complexity index is 1060. The number of Topliss-reactive ketones (excluding diaryl/α,β-unsaturated/α-hetero) is 1. The first kappa shape index (κ1) is 19.5. The summed E-state index contributed by atoms with van der Waals surface area (Å²) >= 11 is 11.9. The molecule has 2 aromatic carbocycles. The Balaban J connectivity index is 1.93. The smallest absolute Gasteiger partial charge is 0.334 e. The lowest BCUT2D eigenvalue weighted by atomic mass is 10.1. The van der Waals surface area contributed by atoms with E-state index in [9.17, 15) is 14.9 Å². The number of hydrogen-bond donors (Lipinski definition) is 2. The summed E-state index contributed by atoms with van der Waals surface area (Å²) in [5, 5.41) is 18.0. The van der Waals surface area contributed by atoms with Gasteiger partial charge in [-0.05, 0) is 49.4 Å². The molecule has 0 spiro atoms. The van der Waals surface area contributed by atoms with Crippen LogP contribution in [0.25, 0.3) is 0 Å². The zero-order valence-electron chi connectivity index (χ0n) is 14.4. The molecule has 0 bridgehead atoms. The normalized spacial score (nSPS) is 10.4. The van der Waals surface area contributed by atoms with E-state index in [1.165, 1.54) is 19.3 Å². The highest BCUT2D eigenvalue weighted by molar-refractivity contribution is 6.42. The molecule has 0 aliphatic carbocycles. The molecule has 1 heterocycles. The van der Waals surface area contributed by atoms with Gasteiger partial charge >= 0.3 is 5.69 Å². The summed E-state index contributed by atoms with van der Waals surface area (Å²) in [6, 6.07) is 11.2. The Morgan fingerprint density at radius 2 is 1.54 bits per heavy atom. The average molecular weight is 418 g/mol. The number of hydrogen-bond acceptors (Lipinski definition) is 7. The van der Waals surface area contributed by atoms with Gasteiger partial charge in [-0.1, -0.05) is 23.2 Å². The van der Waals surface area contributed by atoms with Crippen molar-refractivity contribution in [2.75, 3.05) is 10.6 Å². The molecule has 10 heteroatoms. The predicted molar refractivity (Wildman–Crippen MR) is 108 cm³/mol. The summed E-state index contributed by atoms with van der Waals surface area (Å²) in [6.45, 7) is 1.46. The molecule has 1 aromatic heterocycles. The van der Waals surface area contributed by atoms with Crippen molar-refractivity contribution in [1.29, 1.82) is 0 Å². The van der Waals surface area contributed by atoms with Gasteiger partial charge in [-0.3, -0.25) is 14.9 Å². The van der Waals surface area contributed by atoms with E-state index in [4.69, 9.17) is 23.2 Å². The van der Waals surface area contributed by atoms with Crippen LogP contribution in [-0.2, 0) is 0 Å². The van der Waals surface area contributed by atoms with Gasteiger partial charge in [0, 0.05) is 16.9 Å². The van der Waals surface area contributed by atoms with Crippen molar-refractivity contribution in [3.8, 4) is 0 Å². The van der Waals surface area contributed by atoms with Crippen molar-refractivity contribution in [2.24, 2.45) is 0 Å². The fourth-order valence-electron chi connectivity index (χ4n) is 2.37. The maximum Gasteiger partial charge on any atom is 0.353 e. The van der Waals surface area contributed by atoms with Crippen molar-refractivity contribution in [1.82, 2.24) is 9.97 Å². The third kappa shape index (κ3) is 4.36. The third-order valence-corrected chi connectivity index (χ3v) is 4.48. The fourth-order valence-corrected chi connectivity index (χ4v) is 2.67. The number of ketones is 1. The second-order valence-electron chi connectivity index (χ2n) is 5.69. The number of nitro groups is 1. The van der Waals surface area contributed by atoms with Crippen LogP contribution in [0.1, 0.15) is 17.3 Å². The molecule has 28 heavy (non-hydrogen) atoms. The van der Waals surface area contributed by atoms with E-state index in [0.29, 0.717) is 27.0 Å². The zero-order chi connectivity index (χ0) is 20.3. The van der Waals surface area contributed by atoms with Crippen LogP contribution in [0.4, 0.5) is 28.7 Å². The van der Waals surface area contributed by atoms with Gasteiger partial charge in [0.15, 0.2) is 5.78 Å². The van der Waals surface area contributed by atoms with Gasteiger partial charge in [-0.15, -0.1) is 0 Å². The third-order valence-electron chi connectivity index (χ3n) is 3.74. The number of nitrogens with one attached hydrogen (secondary N) is 2. The highest BCUT2D eigenvalue weighted by atomic mass is 35.5. The van der Waals surface area contributed by atoms with E-state index in [0.717, 1.165) is 0 Å². The van der Waals surface area contributed by atoms with Crippen molar-refractivity contribution in [2.45, 2.75) is 6.92 Å². The quantitative estimate of drug-likeness (QED) is 0.314. The minimum Gasteiger partial charge on any atom is -0.334 e. The van der Waals surface area contributed by atoms with Crippen LogP contribution >= 0.6 is 23.2 Å². The fraction of sp³-hybridized carbons (Fsp3) is 0.0556. The van der Waals surface area contributed by atoms with E-state index in [-0.39, 0.29) is 23.1 Å². The SMILES string of the molecule is CC(=O)c1ccc(Nc2ncnc(Nc3ccc(Cl)c(Cl)c3)c2[N+](=O)[O-])cc1. The van der Waals surface area contributed by atoms with Crippen LogP contribution in [0.5, 0.6) is 0 Å². The topological polar surface area (TPSA) is 110 Å². The minimum atomic E-state index is -0.591. The lowest BCUT2D eigenvalue weighted by Gasteiger charge is -2.11. The lowest BCUT2D eigenvalue weighted by molar-refractivity contribution is -0.383. The molecular weight excluding hydrogens is 405 g/mol. The van der Waals surface area contributed by atoms with Crippen molar-refractivity contribution < 1.29 is 9.72 Å². The van der Waals surface area contributed by atoms with E-state index < -0.39 is 4.92 Å². The first-order valence-electron chi connectivity index (χ1n) is 7.94.